The number of aliphatic hydroxyl groups excluding tert-OH is 1. The molecule has 2 aliphatic carbocycles. The first-order valence-corrected chi connectivity index (χ1v) is 26.4. The highest BCUT2D eigenvalue weighted by Crippen LogP contribution is 2.41. The molecule has 0 spiro atoms. The minimum absolute atomic E-state index is 0.0511. The Labute approximate surface area is 427 Å². The Morgan fingerprint density at radius 2 is 1.67 bits per heavy atom. The smallest absolute Gasteiger partial charge is 0.293 e. The Morgan fingerprint density at radius 1 is 0.849 bits per heavy atom. The molecule has 7 heterocycles. The van der Waals surface area contributed by atoms with E-state index in [9.17, 15) is 24.3 Å². The van der Waals surface area contributed by atoms with E-state index in [2.05, 4.69) is 92.3 Å². The lowest BCUT2D eigenvalue weighted by atomic mass is 9.90. The van der Waals surface area contributed by atoms with Crippen molar-refractivity contribution >= 4 is 52.1 Å². The molecule has 3 amide bonds. The van der Waals surface area contributed by atoms with Crippen molar-refractivity contribution in [1.29, 1.82) is 0 Å². The first kappa shape index (κ1) is 48.5. The lowest BCUT2D eigenvalue weighted by molar-refractivity contribution is -0.111. The van der Waals surface area contributed by atoms with Crippen LogP contribution in [0, 0.1) is 5.41 Å². The van der Waals surface area contributed by atoms with E-state index in [0.717, 1.165) is 82.5 Å². The number of nitrogens with one attached hydrogen (secondary N) is 2. The van der Waals surface area contributed by atoms with Crippen molar-refractivity contribution < 1.29 is 19.5 Å². The van der Waals surface area contributed by atoms with Gasteiger partial charge in [0, 0.05) is 123 Å². The second-order valence-electron chi connectivity index (χ2n) is 22.2. The van der Waals surface area contributed by atoms with Crippen LogP contribution in [0.25, 0.3) is 11.3 Å². The van der Waals surface area contributed by atoms with Crippen LogP contribution in [0.5, 0.6) is 0 Å². The minimum atomic E-state index is -0.403. The van der Waals surface area contributed by atoms with Crippen molar-refractivity contribution in [2.24, 2.45) is 12.5 Å². The highest BCUT2D eigenvalue weighted by Gasteiger charge is 2.39. The zero-order chi connectivity index (χ0) is 50.9. The lowest BCUT2D eigenvalue weighted by Crippen LogP contribution is -2.58. The molecule has 0 radical (unpaired) electrons. The van der Waals surface area contributed by atoms with E-state index >= 15 is 0 Å². The minimum Gasteiger partial charge on any atom is -0.392 e. The highest BCUT2D eigenvalue weighted by atomic mass is 16.3. The van der Waals surface area contributed by atoms with Gasteiger partial charge in [0.2, 0.25) is 5.91 Å². The second-order valence-corrected chi connectivity index (χ2v) is 22.2. The fourth-order valence-electron chi connectivity index (χ4n) is 13.1. The van der Waals surface area contributed by atoms with Gasteiger partial charge in [0.15, 0.2) is 5.82 Å². The maximum absolute atomic E-state index is 14.1. The summed E-state index contributed by atoms with van der Waals surface area (Å²) < 4.78 is 3.59. The number of pyridine rings is 1. The van der Waals surface area contributed by atoms with Crippen molar-refractivity contribution in [2.75, 3.05) is 58.1 Å². The number of carbonyl (C=O) groups is 3. The van der Waals surface area contributed by atoms with Gasteiger partial charge in [-0.15, -0.1) is 0 Å². The summed E-state index contributed by atoms with van der Waals surface area (Å²) in [5.74, 6) is 0.107. The predicted molar refractivity (Wildman–Crippen MR) is 286 cm³/mol. The number of aryl methyl sites for hydroxylation is 1. The Morgan fingerprint density at radius 3 is 2.44 bits per heavy atom. The molecule has 73 heavy (non-hydrogen) atoms. The molecule has 3 atom stereocenters. The van der Waals surface area contributed by atoms with Crippen LogP contribution >= 0.6 is 0 Å². The van der Waals surface area contributed by atoms with Crippen molar-refractivity contribution in [3.63, 3.8) is 0 Å². The zero-order valence-corrected chi connectivity index (χ0v) is 43.0. The largest absolute Gasteiger partial charge is 0.392 e. The zero-order valence-electron chi connectivity index (χ0n) is 43.0. The van der Waals surface area contributed by atoms with Crippen molar-refractivity contribution in [3.8, 4) is 11.3 Å². The maximum atomic E-state index is 14.1. The van der Waals surface area contributed by atoms with Crippen LogP contribution in [0.15, 0.2) is 78.4 Å². The summed E-state index contributed by atoms with van der Waals surface area (Å²) in [7, 11) is 1.65. The van der Waals surface area contributed by atoms with E-state index in [1.807, 2.05) is 24.3 Å². The number of nitrogens with zero attached hydrogens (tertiary/aromatic N) is 9. The Hall–Kier alpha value is -6.78. The molecule has 3 aromatic heterocycles. The summed E-state index contributed by atoms with van der Waals surface area (Å²) in [6.45, 7) is 17.6. The number of aromatic nitrogens is 4. The molecular weight excluding hydrogens is 919 g/mol. The van der Waals surface area contributed by atoms with Gasteiger partial charge in [-0.05, 0) is 124 Å². The number of piperazine rings is 1. The standard InChI is InChI=1S/C57H69N11O5/c1-7-51(70)60-46-28-39(59-52-56(73)62(6)33-47(61-52)44-17-19-58-53(45(44)34-69)67-24-23-66-49(55(67)72)27-37-29-57(4,5)30-50(37)66)13-16-48(46)65-22-21-63(31-36(65)3)41-18-20-64(35(2)25-41)42-14-15-43-38(26-42)32-68(54(43)71)40-11-9-8-10-12-40/h7,13-17,19,26-28,33,35-36,40-41,69H,1,8-12,18,20-25,29-32,34H2,2-6H3,(H,59,61)(H,60,70)/t35-,36+,41?/m1/s1. The number of fused-ring (bicyclic) bond motifs is 4. The predicted octanol–water partition coefficient (Wildman–Crippen LogP) is 7.65. The molecule has 16 heteroatoms. The van der Waals surface area contributed by atoms with Gasteiger partial charge in [0.25, 0.3) is 17.4 Å². The summed E-state index contributed by atoms with van der Waals surface area (Å²) in [6.07, 6.45) is 14.3. The number of anilines is 6. The van der Waals surface area contributed by atoms with Crippen LogP contribution in [0.1, 0.15) is 116 Å². The first-order valence-electron chi connectivity index (χ1n) is 26.4. The van der Waals surface area contributed by atoms with Crippen LogP contribution in [0.4, 0.5) is 34.4 Å². The molecule has 2 aromatic carbocycles. The topological polar surface area (TPSA) is 164 Å². The third kappa shape index (κ3) is 9.00. The van der Waals surface area contributed by atoms with E-state index < -0.39 is 6.61 Å². The molecule has 382 valence electrons. The number of piperidine rings is 1. The molecule has 11 rings (SSSR count). The van der Waals surface area contributed by atoms with E-state index in [0.29, 0.717) is 70.9 Å². The average Bonchev–Trinajstić information content (AvgIpc) is 4.01. The fraction of sp³-hybridized carbons (Fsp3) is 0.474. The Kier molecular flexibility index (Phi) is 12.8. The van der Waals surface area contributed by atoms with Gasteiger partial charge in [-0.25, -0.2) is 9.97 Å². The normalized spacial score (nSPS) is 22.1. The van der Waals surface area contributed by atoms with Gasteiger partial charge >= 0.3 is 0 Å². The summed E-state index contributed by atoms with van der Waals surface area (Å²) >= 11 is 0. The van der Waals surface area contributed by atoms with Crippen molar-refractivity contribution in [1.82, 2.24) is 28.9 Å². The SMILES string of the molecule is C=CC(=O)Nc1cc(Nc2nc(-c3ccnc(N4CCn5c(cc6c5CC(C)(C)C6)C4=O)c3CO)cn(C)c2=O)ccc1N1CCN(C2CCN(c3ccc4c(c3)CN(C3CCCCC3)C4=O)[C@H](C)C2)C[C@@H]1C. The quantitative estimate of drug-likeness (QED) is 0.112. The van der Waals surface area contributed by atoms with Gasteiger partial charge in [-0.2, -0.15) is 0 Å². The Bertz CT molecular complexity index is 3080. The molecule has 3 fully saturated rings. The average molecular weight is 988 g/mol. The second kappa shape index (κ2) is 19.2. The van der Waals surface area contributed by atoms with Gasteiger partial charge in [-0.1, -0.05) is 39.7 Å². The number of benzene rings is 2. The molecule has 4 aliphatic heterocycles. The van der Waals surface area contributed by atoms with Crippen LogP contribution in [-0.2, 0) is 44.4 Å². The summed E-state index contributed by atoms with van der Waals surface area (Å²) in [5, 5.41) is 17.2. The Balaban J connectivity index is 0.777. The van der Waals surface area contributed by atoms with E-state index in [4.69, 9.17) is 4.98 Å². The number of rotatable bonds is 11. The number of hydrogen-bond donors (Lipinski definition) is 3. The summed E-state index contributed by atoms with van der Waals surface area (Å²) in [5.41, 5.74) is 9.52. The third-order valence-electron chi connectivity index (χ3n) is 16.7. The molecule has 2 saturated heterocycles. The van der Waals surface area contributed by atoms with Gasteiger partial charge in [0.05, 0.1) is 23.7 Å². The summed E-state index contributed by atoms with van der Waals surface area (Å²) in [6, 6.07) is 17.2. The molecule has 1 saturated carbocycles. The third-order valence-corrected chi connectivity index (χ3v) is 16.7. The van der Waals surface area contributed by atoms with E-state index in [-0.39, 0.29) is 40.6 Å². The molecular formula is C57H69N11O5. The molecule has 3 N–H and O–H groups in total. The monoisotopic (exact) mass is 988 g/mol. The molecule has 5 aromatic rings. The molecule has 0 bridgehead atoms. The lowest BCUT2D eigenvalue weighted by Gasteiger charge is -2.48. The molecule has 6 aliphatic rings. The van der Waals surface area contributed by atoms with Crippen molar-refractivity contribution in [3.05, 3.63) is 118 Å². The maximum Gasteiger partial charge on any atom is 0.293 e. The van der Waals surface area contributed by atoms with Crippen molar-refractivity contribution in [2.45, 2.75) is 129 Å². The van der Waals surface area contributed by atoms with Crippen LogP contribution in [0.3, 0.4) is 0 Å². The number of amides is 3. The number of carbonyl (C=O) groups excluding carboxylic acids is 3. The number of aliphatic hydroxyl groups is 1. The van der Waals surface area contributed by atoms with Gasteiger partial charge < -0.3 is 39.6 Å². The van der Waals surface area contributed by atoms with Gasteiger partial charge in [0.1, 0.15) is 11.5 Å². The van der Waals surface area contributed by atoms with Crippen LogP contribution < -0.4 is 30.9 Å². The van der Waals surface area contributed by atoms with Gasteiger partial charge in [-0.3, -0.25) is 29.0 Å². The summed E-state index contributed by atoms with van der Waals surface area (Å²) in [4.78, 5) is 74.9. The van der Waals surface area contributed by atoms with Crippen LogP contribution in [0.2, 0.25) is 0 Å². The number of hydrogen-bond acceptors (Lipinski definition) is 11. The molecule has 1 unspecified atom stereocenters. The molecule has 16 nitrogen and oxygen atoms in total. The van der Waals surface area contributed by atoms with E-state index in [1.54, 1.807) is 30.4 Å². The first-order chi connectivity index (χ1) is 35.2. The fourth-order valence-corrected chi connectivity index (χ4v) is 13.1. The van der Waals surface area contributed by atoms with Crippen LogP contribution in [-0.4, -0.2) is 109 Å². The highest BCUT2D eigenvalue weighted by molar-refractivity contribution is 6.06. The van der Waals surface area contributed by atoms with E-state index in [1.165, 1.54) is 52.4 Å².